The quantitative estimate of drug-likeness (QED) is 0.468. The van der Waals surface area contributed by atoms with E-state index >= 15 is 0 Å². The van der Waals surface area contributed by atoms with Crippen molar-refractivity contribution in [1.29, 1.82) is 0 Å². The van der Waals surface area contributed by atoms with Crippen LogP contribution in [0.1, 0.15) is 42.2 Å². The Bertz CT molecular complexity index is 1100. The third kappa shape index (κ3) is 4.75. The number of halogens is 1. The fraction of sp³-hybridized carbons (Fsp3) is 0.240. The Kier molecular flexibility index (Phi) is 6.59. The Morgan fingerprint density at radius 2 is 1.90 bits per heavy atom. The number of para-hydroxylation sites is 1. The molecule has 1 heterocycles. The van der Waals surface area contributed by atoms with Crippen LogP contribution in [0.25, 0.3) is 0 Å². The van der Waals surface area contributed by atoms with E-state index in [0.29, 0.717) is 18.8 Å². The Balaban J connectivity index is 1.77. The van der Waals surface area contributed by atoms with Gasteiger partial charge in [-0.25, -0.2) is 0 Å². The van der Waals surface area contributed by atoms with Gasteiger partial charge in [0.1, 0.15) is 11.9 Å². The van der Waals surface area contributed by atoms with Gasteiger partial charge in [0.15, 0.2) is 11.5 Å². The first kappa shape index (κ1) is 21.4. The lowest BCUT2D eigenvalue weighted by molar-refractivity contribution is 0.313. The molecule has 2 N–H and O–H groups in total. The van der Waals surface area contributed by atoms with Gasteiger partial charge in [-0.15, -0.1) is 0 Å². The first-order chi connectivity index (χ1) is 15.1. The number of aliphatic imine (C=N–C) groups is 1. The molecule has 0 fully saturated rings. The molecule has 3 aromatic rings. The van der Waals surface area contributed by atoms with Gasteiger partial charge in [-0.3, -0.25) is 10.3 Å². The van der Waals surface area contributed by atoms with Crippen LogP contribution in [-0.2, 0) is 0 Å². The van der Waals surface area contributed by atoms with Crippen LogP contribution in [0.4, 0.5) is 0 Å². The third-order valence-electron chi connectivity index (χ3n) is 5.31. The van der Waals surface area contributed by atoms with Crippen LogP contribution in [0.15, 0.2) is 76.2 Å². The zero-order valence-electron chi connectivity index (χ0n) is 17.5. The SMILES string of the molecule is CCOc1cccc([C@@H]2CC(c3cccc(Br)c3)=N[C@@H](c3cccc(OC)c3)N2)c1O. The van der Waals surface area contributed by atoms with E-state index in [9.17, 15) is 5.11 Å². The summed E-state index contributed by atoms with van der Waals surface area (Å²) < 4.78 is 12.0. The molecule has 5 nitrogen and oxygen atoms in total. The number of hydrogen-bond donors (Lipinski definition) is 2. The van der Waals surface area contributed by atoms with Crippen LogP contribution in [0, 0.1) is 0 Å². The van der Waals surface area contributed by atoms with E-state index in [2.05, 4.69) is 33.4 Å². The largest absolute Gasteiger partial charge is 0.504 e. The first-order valence-electron chi connectivity index (χ1n) is 10.3. The monoisotopic (exact) mass is 480 g/mol. The second-order valence-corrected chi connectivity index (χ2v) is 8.23. The molecule has 160 valence electrons. The van der Waals surface area contributed by atoms with Gasteiger partial charge in [-0.05, 0) is 48.4 Å². The molecule has 4 rings (SSSR count). The van der Waals surface area contributed by atoms with E-state index in [1.54, 1.807) is 13.2 Å². The van der Waals surface area contributed by atoms with Crippen molar-refractivity contribution in [2.45, 2.75) is 25.6 Å². The Labute approximate surface area is 190 Å². The molecule has 2 atom stereocenters. The van der Waals surface area contributed by atoms with E-state index in [0.717, 1.165) is 32.6 Å². The highest BCUT2D eigenvalue weighted by Gasteiger charge is 2.28. The number of ether oxygens (including phenoxy) is 2. The zero-order valence-corrected chi connectivity index (χ0v) is 19.1. The normalized spacial score (nSPS) is 18.4. The summed E-state index contributed by atoms with van der Waals surface area (Å²) in [7, 11) is 1.66. The Morgan fingerprint density at radius 3 is 2.68 bits per heavy atom. The molecule has 0 saturated carbocycles. The highest BCUT2D eigenvalue weighted by molar-refractivity contribution is 9.10. The fourth-order valence-corrected chi connectivity index (χ4v) is 4.22. The maximum Gasteiger partial charge on any atom is 0.162 e. The highest BCUT2D eigenvalue weighted by Crippen LogP contribution is 2.39. The van der Waals surface area contributed by atoms with Crippen LogP contribution >= 0.6 is 15.9 Å². The molecule has 1 aliphatic rings. The van der Waals surface area contributed by atoms with E-state index in [1.807, 2.05) is 55.5 Å². The summed E-state index contributed by atoms with van der Waals surface area (Å²) in [6, 6.07) is 21.5. The zero-order chi connectivity index (χ0) is 21.8. The minimum Gasteiger partial charge on any atom is -0.504 e. The summed E-state index contributed by atoms with van der Waals surface area (Å²) >= 11 is 3.56. The smallest absolute Gasteiger partial charge is 0.162 e. The molecular formula is C25H25BrN2O3. The number of methoxy groups -OCH3 is 1. The molecule has 0 radical (unpaired) electrons. The number of nitrogens with zero attached hydrogens (tertiary/aromatic N) is 1. The lowest BCUT2D eigenvalue weighted by Crippen LogP contribution is -2.33. The maximum atomic E-state index is 10.9. The number of phenols is 1. The summed E-state index contributed by atoms with van der Waals surface area (Å²) in [6.45, 7) is 2.40. The number of aromatic hydroxyl groups is 1. The van der Waals surface area contributed by atoms with Crippen LogP contribution in [0.3, 0.4) is 0 Å². The predicted octanol–water partition coefficient (Wildman–Crippen LogP) is 5.78. The molecule has 31 heavy (non-hydrogen) atoms. The molecule has 6 heteroatoms. The lowest BCUT2D eigenvalue weighted by atomic mass is 9.93. The number of rotatable bonds is 6. The van der Waals surface area contributed by atoms with Crippen LogP contribution < -0.4 is 14.8 Å². The second-order valence-electron chi connectivity index (χ2n) is 7.32. The Morgan fingerprint density at radius 1 is 1.10 bits per heavy atom. The molecule has 0 bridgehead atoms. The average Bonchev–Trinajstić information content (AvgIpc) is 2.80. The van der Waals surface area contributed by atoms with Crippen molar-refractivity contribution in [1.82, 2.24) is 5.32 Å². The molecular weight excluding hydrogens is 456 g/mol. The number of hydrogen-bond acceptors (Lipinski definition) is 5. The van der Waals surface area contributed by atoms with Crippen molar-refractivity contribution in [3.05, 3.63) is 87.9 Å². The van der Waals surface area contributed by atoms with Crippen molar-refractivity contribution >= 4 is 21.6 Å². The van der Waals surface area contributed by atoms with E-state index in [1.165, 1.54) is 0 Å². The molecule has 0 unspecified atom stereocenters. The van der Waals surface area contributed by atoms with Gasteiger partial charge in [-0.1, -0.05) is 52.3 Å². The van der Waals surface area contributed by atoms with Crippen molar-refractivity contribution in [2.24, 2.45) is 4.99 Å². The average molecular weight is 481 g/mol. The summed E-state index contributed by atoms with van der Waals surface area (Å²) in [5.74, 6) is 1.44. The Hall–Kier alpha value is -2.83. The molecule has 0 amide bonds. The first-order valence-corrected chi connectivity index (χ1v) is 11.1. The number of benzene rings is 3. The van der Waals surface area contributed by atoms with E-state index in [-0.39, 0.29) is 18.0 Å². The van der Waals surface area contributed by atoms with Gasteiger partial charge in [0.2, 0.25) is 0 Å². The van der Waals surface area contributed by atoms with Gasteiger partial charge >= 0.3 is 0 Å². The molecule has 0 aliphatic carbocycles. The molecule has 0 spiro atoms. The van der Waals surface area contributed by atoms with Crippen molar-refractivity contribution in [3.8, 4) is 17.2 Å². The summed E-state index contributed by atoms with van der Waals surface area (Å²) in [5.41, 5.74) is 3.81. The minimum atomic E-state index is -0.280. The van der Waals surface area contributed by atoms with Crippen LogP contribution in [-0.4, -0.2) is 24.5 Å². The second kappa shape index (κ2) is 9.54. The van der Waals surface area contributed by atoms with Gasteiger partial charge < -0.3 is 14.6 Å². The van der Waals surface area contributed by atoms with E-state index in [4.69, 9.17) is 14.5 Å². The fourth-order valence-electron chi connectivity index (χ4n) is 3.82. The van der Waals surface area contributed by atoms with Crippen molar-refractivity contribution < 1.29 is 14.6 Å². The maximum absolute atomic E-state index is 10.9. The number of phenolic OH excluding ortho intramolecular Hbond substituents is 1. The molecule has 3 aromatic carbocycles. The minimum absolute atomic E-state index is 0.136. The third-order valence-corrected chi connectivity index (χ3v) is 5.81. The van der Waals surface area contributed by atoms with Gasteiger partial charge in [0.25, 0.3) is 0 Å². The van der Waals surface area contributed by atoms with Crippen LogP contribution in [0.2, 0.25) is 0 Å². The summed E-state index contributed by atoms with van der Waals surface area (Å²) in [4.78, 5) is 5.02. The van der Waals surface area contributed by atoms with Crippen molar-refractivity contribution in [3.63, 3.8) is 0 Å². The number of nitrogens with one attached hydrogen (secondary N) is 1. The van der Waals surface area contributed by atoms with E-state index < -0.39 is 0 Å². The molecule has 0 saturated heterocycles. The molecule has 0 aromatic heterocycles. The van der Waals surface area contributed by atoms with Crippen molar-refractivity contribution in [2.75, 3.05) is 13.7 Å². The highest BCUT2D eigenvalue weighted by atomic mass is 79.9. The van der Waals surface area contributed by atoms with Crippen LogP contribution in [0.5, 0.6) is 17.2 Å². The summed E-state index contributed by atoms with van der Waals surface area (Å²) in [5, 5.41) is 14.5. The molecule has 1 aliphatic heterocycles. The van der Waals surface area contributed by atoms with Gasteiger partial charge in [0.05, 0.1) is 13.7 Å². The van der Waals surface area contributed by atoms with Gasteiger partial charge in [-0.2, -0.15) is 0 Å². The predicted molar refractivity (Wildman–Crippen MR) is 126 cm³/mol. The van der Waals surface area contributed by atoms with Gasteiger partial charge in [0, 0.05) is 28.2 Å². The topological polar surface area (TPSA) is 63.1 Å². The standard InChI is InChI=1S/C25H25BrN2O3/c1-3-31-23-12-6-11-20(24(23)29)22-15-21(16-7-4-9-18(26)13-16)27-25(28-22)17-8-5-10-19(14-17)30-2/h4-14,22,25,28-29H,3,15H2,1-2H3/t22-,25+/m0/s1. The lowest BCUT2D eigenvalue weighted by Gasteiger charge is -2.31. The summed E-state index contributed by atoms with van der Waals surface area (Å²) in [6.07, 6.45) is 0.359.